The Bertz CT molecular complexity index is 790. The van der Waals surface area contributed by atoms with Crippen molar-refractivity contribution in [3.8, 4) is 0 Å². The number of fused-ring (bicyclic) bond motifs is 1. The average Bonchev–Trinajstić information content (AvgIpc) is 2.64. The Balaban J connectivity index is 2.80. The number of aryl methyl sites for hydroxylation is 1. The number of halogens is 1. The highest BCUT2D eigenvalue weighted by atomic mass is 79.9. The van der Waals surface area contributed by atoms with Crippen LogP contribution in [0.2, 0.25) is 0 Å². The van der Waals surface area contributed by atoms with Crippen molar-refractivity contribution in [1.82, 2.24) is 19.1 Å². The zero-order valence-electron chi connectivity index (χ0n) is 11.2. The Morgan fingerprint density at radius 1 is 1.32 bits per heavy atom. The van der Waals surface area contributed by atoms with Crippen LogP contribution in [0.5, 0.6) is 0 Å². The minimum atomic E-state index is -0.464. The van der Waals surface area contributed by atoms with E-state index in [4.69, 9.17) is 0 Å². The van der Waals surface area contributed by atoms with Crippen LogP contribution in [-0.4, -0.2) is 19.1 Å². The summed E-state index contributed by atoms with van der Waals surface area (Å²) in [6, 6.07) is 0. The molecule has 0 aliphatic rings. The van der Waals surface area contributed by atoms with E-state index in [0.717, 1.165) is 5.57 Å². The monoisotopic (exact) mass is 326 g/mol. The second kappa shape index (κ2) is 4.80. The molecule has 0 atom stereocenters. The number of rotatable bonds is 2. The summed E-state index contributed by atoms with van der Waals surface area (Å²) in [5.74, 6) is 0. The van der Waals surface area contributed by atoms with E-state index < -0.39 is 11.2 Å². The molecule has 6 nitrogen and oxygen atoms in total. The van der Waals surface area contributed by atoms with E-state index in [-0.39, 0.29) is 0 Å². The summed E-state index contributed by atoms with van der Waals surface area (Å²) in [5, 5.41) is 0. The number of nitrogens with one attached hydrogen (secondary N) is 1. The maximum atomic E-state index is 12.0. The van der Waals surface area contributed by atoms with Gasteiger partial charge in [-0.2, -0.15) is 0 Å². The first kappa shape index (κ1) is 13.8. The summed E-state index contributed by atoms with van der Waals surface area (Å²) in [5.41, 5.74) is 2.23. The maximum absolute atomic E-state index is 12.0. The lowest BCUT2D eigenvalue weighted by atomic mass is 10.2. The van der Waals surface area contributed by atoms with Crippen molar-refractivity contribution in [3.05, 3.63) is 36.7 Å². The summed E-state index contributed by atoms with van der Waals surface area (Å²) in [6.45, 7) is 6.59. The molecule has 19 heavy (non-hydrogen) atoms. The summed E-state index contributed by atoms with van der Waals surface area (Å²) >= 11 is 3.34. The molecule has 0 saturated carbocycles. The minimum Gasteiger partial charge on any atom is -0.309 e. The average molecular weight is 327 g/mol. The predicted octanol–water partition coefficient (Wildman–Crippen LogP) is 1.54. The molecule has 0 fully saturated rings. The van der Waals surface area contributed by atoms with Crippen molar-refractivity contribution in [3.63, 3.8) is 0 Å². The van der Waals surface area contributed by atoms with E-state index in [0.29, 0.717) is 22.4 Å². The Kier molecular flexibility index (Phi) is 3.49. The standard InChI is InChI=1S/C12H15BrN4O2/c1-6(2)7(3)5-17-8-9(14-11(17)13)16(4)12(19)15-10(8)18/h5H2,1-4H3,(H,15,18,19). The van der Waals surface area contributed by atoms with Gasteiger partial charge in [-0.25, -0.2) is 9.78 Å². The Morgan fingerprint density at radius 2 is 1.95 bits per heavy atom. The van der Waals surface area contributed by atoms with Gasteiger partial charge in [-0.1, -0.05) is 11.1 Å². The molecule has 2 heterocycles. The molecular formula is C12H15BrN4O2. The van der Waals surface area contributed by atoms with Gasteiger partial charge in [-0.15, -0.1) is 0 Å². The Hall–Kier alpha value is -1.63. The quantitative estimate of drug-likeness (QED) is 0.672. The number of hydrogen-bond acceptors (Lipinski definition) is 3. The molecule has 2 rings (SSSR count). The number of aromatic amines is 1. The third kappa shape index (κ3) is 2.30. The fourth-order valence-corrected chi connectivity index (χ4v) is 2.22. The lowest BCUT2D eigenvalue weighted by Gasteiger charge is -2.07. The lowest BCUT2D eigenvalue weighted by molar-refractivity contribution is 0.770. The fourth-order valence-electron chi connectivity index (χ4n) is 1.75. The van der Waals surface area contributed by atoms with Crippen molar-refractivity contribution >= 4 is 27.1 Å². The molecule has 2 aromatic heterocycles. The lowest BCUT2D eigenvalue weighted by Crippen LogP contribution is -2.29. The molecule has 0 amide bonds. The third-order valence-electron chi connectivity index (χ3n) is 3.21. The van der Waals surface area contributed by atoms with Gasteiger partial charge in [0.1, 0.15) is 0 Å². The van der Waals surface area contributed by atoms with Gasteiger partial charge in [0, 0.05) is 13.6 Å². The number of H-pyrrole nitrogens is 1. The van der Waals surface area contributed by atoms with Crippen molar-refractivity contribution < 1.29 is 0 Å². The minimum absolute atomic E-state index is 0.377. The Labute approximate surface area is 117 Å². The van der Waals surface area contributed by atoms with Gasteiger partial charge in [0.25, 0.3) is 5.56 Å². The van der Waals surface area contributed by atoms with Gasteiger partial charge in [0.15, 0.2) is 15.9 Å². The van der Waals surface area contributed by atoms with Crippen LogP contribution in [0, 0.1) is 0 Å². The molecule has 102 valence electrons. The number of aromatic nitrogens is 4. The predicted molar refractivity (Wildman–Crippen MR) is 77.3 cm³/mol. The molecule has 0 aliphatic carbocycles. The van der Waals surface area contributed by atoms with Crippen LogP contribution in [0.3, 0.4) is 0 Å². The highest BCUT2D eigenvalue weighted by molar-refractivity contribution is 9.10. The molecule has 7 heteroatoms. The molecule has 0 saturated heterocycles. The molecule has 0 unspecified atom stereocenters. The van der Waals surface area contributed by atoms with Crippen molar-refractivity contribution in [2.24, 2.45) is 7.05 Å². The molecule has 1 N–H and O–H groups in total. The van der Waals surface area contributed by atoms with Gasteiger partial charge < -0.3 is 4.57 Å². The topological polar surface area (TPSA) is 72.7 Å². The summed E-state index contributed by atoms with van der Waals surface area (Å²) in [6.07, 6.45) is 0. The van der Waals surface area contributed by atoms with Crippen molar-refractivity contribution in [1.29, 1.82) is 0 Å². The Morgan fingerprint density at radius 3 is 2.53 bits per heavy atom. The summed E-state index contributed by atoms with van der Waals surface area (Å²) in [4.78, 5) is 30.0. The van der Waals surface area contributed by atoms with E-state index in [1.807, 2.05) is 20.8 Å². The maximum Gasteiger partial charge on any atom is 0.329 e. The smallest absolute Gasteiger partial charge is 0.309 e. The van der Waals surface area contributed by atoms with E-state index in [1.54, 1.807) is 11.6 Å². The van der Waals surface area contributed by atoms with Crippen LogP contribution in [-0.2, 0) is 13.6 Å². The van der Waals surface area contributed by atoms with E-state index in [9.17, 15) is 9.59 Å². The first-order chi connectivity index (χ1) is 8.82. The van der Waals surface area contributed by atoms with Gasteiger partial charge in [0.2, 0.25) is 0 Å². The largest absolute Gasteiger partial charge is 0.329 e. The zero-order valence-corrected chi connectivity index (χ0v) is 12.8. The summed E-state index contributed by atoms with van der Waals surface area (Å²) in [7, 11) is 1.58. The second-order valence-electron chi connectivity index (χ2n) is 4.74. The number of allylic oxidation sites excluding steroid dienone is 2. The molecule has 0 bridgehead atoms. The molecule has 0 aromatic carbocycles. The zero-order chi connectivity index (χ0) is 14.3. The molecule has 2 aromatic rings. The van der Waals surface area contributed by atoms with Crippen molar-refractivity contribution in [2.45, 2.75) is 27.3 Å². The number of imidazole rings is 1. The molecule has 0 radical (unpaired) electrons. The number of nitrogens with zero attached hydrogens (tertiary/aromatic N) is 3. The van der Waals surface area contributed by atoms with Crippen LogP contribution >= 0.6 is 15.9 Å². The van der Waals surface area contributed by atoms with Gasteiger partial charge in [-0.05, 0) is 36.7 Å². The highest BCUT2D eigenvalue weighted by Gasteiger charge is 2.15. The first-order valence-electron chi connectivity index (χ1n) is 5.81. The van der Waals surface area contributed by atoms with Gasteiger partial charge in [0.05, 0.1) is 0 Å². The first-order valence-corrected chi connectivity index (χ1v) is 6.60. The van der Waals surface area contributed by atoms with Crippen LogP contribution in [0.4, 0.5) is 0 Å². The SMILES string of the molecule is CC(C)=C(C)Cn1c(Br)nc2c1c(=O)[nH]c(=O)n2C. The van der Waals surface area contributed by atoms with E-state index >= 15 is 0 Å². The van der Waals surface area contributed by atoms with Crippen LogP contribution in [0.1, 0.15) is 20.8 Å². The molecule has 0 aliphatic heterocycles. The van der Waals surface area contributed by atoms with E-state index in [2.05, 4.69) is 25.9 Å². The number of hydrogen-bond donors (Lipinski definition) is 1. The molecule has 0 spiro atoms. The normalized spacial score (nSPS) is 11.0. The summed E-state index contributed by atoms with van der Waals surface area (Å²) < 4.78 is 3.63. The highest BCUT2D eigenvalue weighted by Crippen LogP contribution is 2.18. The fraction of sp³-hybridized carbons (Fsp3) is 0.417. The van der Waals surface area contributed by atoms with Crippen molar-refractivity contribution in [2.75, 3.05) is 0 Å². The van der Waals surface area contributed by atoms with Gasteiger partial charge >= 0.3 is 5.69 Å². The van der Waals surface area contributed by atoms with Crippen LogP contribution in [0.15, 0.2) is 25.5 Å². The van der Waals surface area contributed by atoms with Gasteiger partial charge in [-0.3, -0.25) is 14.3 Å². The van der Waals surface area contributed by atoms with E-state index in [1.165, 1.54) is 10.1 Å². The second-order valence-corrected chi connectivity index (χ2v) is 5.45. The molecular weight excluding hydrogens is 312 g/mol. The van der Waals surface area contributed by atoms with Crippen LogP contribution in [0.25, 0.3) is 11.2 Å². The third-order valence-corrected chi connectivity index (χ3v) is 3.81. The van der Waals surface area contributed by atoms with Crippen LogP contribution < -0.4 is 11.2 Å².